The van der Waals surface area contributed by atoms with Crippen LogP contribution in [0.1, 0.15) is 32.3 Å². The van der Waals surface area contributed by atoms with Gasteiger partial charge in [-0.1, -0.05) is 56.3 Å². The molecule has 0 bridgehead atoms. The Morgan fingerprint density at radius 1 is 1.18 bits per heavy atom. The fraction of sp³-hybridized carbons (Fsp3) is 0.258. The third-order valence-corrected chi connectivity index (χ3v) is 7.72. The van der Waals surface area contributed by atoms with Crippen LogP contribution in [0.5, 0.6) is 5.75 Å². The maximum absolute atomic E-state index is 15.0. The Labute approximate surface area is 236 Å². The molecule has 7 nitrogen and oxygen atoms in total. The summed E-state index contributed by atoms with van der Waals surface area (Å²) in [6.45, 7) is 10.9. The van der Waals surface area contributed by atoms with E-state index in [1.165, 1.54) is 28.8 Å². The molecule has 1 aliphatic heterocycles. The predicted octanol–water partition coefficient (Wildman–Crippen LogP) is 5.90. The van der Waals surface area contributed by atoms with E-state index in [0.717, 1.165) is 5.56 Å². The molecule has 1 fully saturated rings. The summed E-state index contributed by atoms with van der Waals surface area (Å²) in [6.07, 6.45) is 1.29. The van der Waals surface area contributed by atoms with Crippen LogP contribution in [0, 0.1) is 5.82 Å². The third kappa shape index (κ3) is 4.73. The van der Waals surface area contributed by atoms with Crippen molar-refractivity contribution in [1.82, 2.24) is 14.5 Å². The van der Waals surface area contributed by atoms with Crippen LogP contribution < -0.4 is 10.6 Å². The molecule has 5 rings (SSSR count). The number of carbonyl (C=O) groups is 1. The highest BCUT2D eigenvalue weighted by molar-refractivity contribution is 6.34. The minimum absolute atomic E-state index is 0.0474. The SMILES string of the molecule is C=CC(=O)N1CCN(c2nc(=O)n(-c3ccccc3C(C)C)c3cc(-c4c(O)cccc4F)c(Cl)cc23)C(C)C1. The fourth-order valence-electron chi connectivity index (χ4n) is 5.43. The number of halogens is 2. The van der Waals surface area contributed by atoms with Crippen molar-refractivity contribution in [1.29, 1.82) is 0 Å². The molecule has 1 saturated heterocycles. The van der Waals surface area contributed by atoms with Crippen molar-refractivity contribution < 1.29 is 14.3 Å². The second kappa shape index (κ2) is 10.8. The summed E-state index contributed by atoms with van der Waals surface area (Å²) in [7, 11) is 0. The number of piperazine rings is 1. The molecule has 1 N–H and O–H groups in total. The van der Waals surface area contributed by atoms with Gasteiger partial charge in [0.1, 0.15) is 17.4 Å². The Morgan fingerprint density at radius 3 is 2.60 bits per heavy atom. The number of fused-ring (bicyclic) bond motifs is 1. The first kappa shape index (κ1) is 27.4. The first-order valence-corrected chi connectivity index (χ1v) is 13.5. The minimum Gasteiger partial charge on any atom is -0.507 e. The van der Waals surface area contributed by atoms with E-state index in [1.807, 2.05) is 49.9 Å². The number of carbonyl (C=O) groups excluding carboxylic acids is 1. The van der Waals surface area contributed by atoms with E-state index in [9.17, 15) is 19.1 Å². The van der Waals surface area contributed by atoms with Crippen LogP contribution in [0.15, 0.2) is 72.0 Å². The lowest BCUT2D eigenvalue weighted by molar-refractivity contribution is -0.126. The summed E-state index contributed by atoms with van der Waals surface area (Å²) in [5.41, 5.74) is 1.78. The quantitative estimate of drug-likeness (QED) is 0.308. The average molecular weight is 561 g/mol. The maximum atomic E-state index is 15.0. The average Bonchev–Trinajstić information content (AvgIpc) is 2.92. The first-order chi connectivity index (χ1) is 19.1. The number of hydrogen-bond donors (Lipinski definition) is 1. The van der Waals surface area contributed by atoms with E-state index >= 15 is 0 Å². The van der Waals surface area contributed by atoms with Gasteiger partial charge in [-0.05, 0) is 54.8 Å². The van der Waals surface area contributed by atoms with E-state index in [-0.39, 0.29) is 39.8 Å². The third-order valence-electron chi connectivity index (χ3n) is 7.41. The number of hydrogen-bond acceptors (Lipinski definition) is 5. The van der Waals surface area contributed by atoms with Gasteiger partial charge in [0.2, 0.25) is 5.91 Å². The van der Waals surface area contributed by atoms with Gasteiger partial charge in [0.15, 0.2) is 0 Å². The Bertz CT molecular complexity index is 1680. The van der Waals surface area contributed by atoms with E-state index in [1.54, 1.807) is 17.0 Å². The number of phenols is 1. The molecule has 9 heteroatoms. The molecule has 0 aliphatic carbocycles. The highest BCUT2D eigenvalue weighted by Gasteiger charge is 2.30. The highest BCUT2D eigenvalue weighted by atomic mass is 35.5. The van der Waals surface area contributed by atoms with Gasteiger partial charge in [0, 0.05) is 41.6 Å². The standard InChI is InChI=1S/C31H30ClFN4O3/c1-5-28(39)35-13-14-36(19(4)17-35)30-22-15-23(32)21(29-24(33)10-8-12-27(29)38)16-26(22)37(31(40)34-30)25-11-7-6-9-20(25)18(2)3/h5-12,15-16,18-19,38H,1,13-14,17H2,2-4H3. The maximum Gasteiger partial charge on any atom is 0.354 e. The predicted molar refractivity (Wildman–Crippen MR) is 157 cm³/mol. The van der Waals surface area contributed by atoms with Crippen LogP contribution in [0.2, 0.25) is 5.02 Å². The van der Waals surface area contributed by atoms with Crippen molar-refractivity contribution in [3.63, 3.8) is 0 Å². The molecule has 4 aromatic rings. The number of aromatic hydroxyl groups is 1. The van der Waals surface area contributed by atoms with E-state index in [2.05, 4.69) is 11.6 Å². The van der Waals surface area contributed by atoms with Gasteiger partial charge in [0.05, 0.1) is 16.8 Å². The van der Waals surface area contributed by atoms with E-state index in [0.29, 0.717) is 42.0 Å². The zero-order valence-corrected chi connectivity index (χ0v) is 23.3. The number of rotatable bonds is 5. The number of nitrogens with zero attached hydrogens (tertiary/aromatic N) is 4. The van der Waals surface area contributed by atoms with Crippen molar-refractivity contribution in [2.75, 3.05) is 24.5 Å². The molecule has 40 heavy (non-hydrogen) atoms. The van der Waals surface area contributed by atoms with Gasteiger partial charge in [-0.2, -0.15) is 4.98 Å². The number of phenolic OH excluding ortho intramolecular Hbond substituents is 1. The van der Waals surface area contributed by atoms with Crippen LogP contribution in [0.3, 0.4) is 0 Å². The number of amides is 1. The summed E-state index contributed by atoms with van der Waals surface area (Å²) in [4.78, 5) is 34.3. The molecule has 1 aliphatic rings. The van der Waals surface area contributed by atoms with Crippen molar-refractivity contribution in [3.05, 3.63) is 94.1 Å². The highest BCUT2D eigenvalue weighted by Crippen LogP contribution is 2.41. The summed E-state index contributed by atoms with van der Waals surface area (Å²) >= 11 is 6.76. The molecule has 0 saturated carbocycles. The Kier molecular flexibility index (Phi) is 7.38. The van der Waals surface area contributed by atoms with Crippen LogP contribution in [-0.4, -0.2) is 51.1 Å². The summed E-state index contributed by atoms with van der Waals surface area (Å²) in [5, 5.41) is 11.4. The van der Waals surface area contributed by atoms with Gasteiger partial charge in [0.25, 0.3) is 0 Å². The Balaban J connectivity index is 1.80. The first-order valence-electron chi connectivity index (χ1n) is 13.1. The molecule has 3 aromatic carbocycles. The molecule has 0 spiro atoms. The lowest BCUT2D eigenvalue weighted by Gasteiger charge is -2.40. The van der Waals surface area contributed by atoms with Gasteiger partial charge in [-0.3, -0.25) is 9.36 Å². The fourth-order valence-corrected chi connectivity index (χ4v) is 5.69. The van der Waals surface area contributed by atoms with E-state index in [4.69, 9.17) is 11.6 Å². The molecule has 1 aromatic heterocycles. The lowest BCUT2D eigenvalue weighted by Crippen LogP contribution is -2.54. The lowest BCUT2D eigenvalue weighted by atomic mass is 9.99. The van der Waals surface area contributed by atoms with Gasteiger partial charge >= 0.3 is 5.69 Å². The summed E-state index contributed by atoms with van der Waals surface area (Å²) in [6, 6.07) is 14.8. The minimum atomic E-state index is -0.636. The largest absolute Gasteiger partial charge is 0.507 e. The van der Waals surface area contributed by atoms with Crippen LogP contribution in [0.25, 0.3) is 27.7 Å². The smallest absolute Gasteiger partial charge is 0.354 e. The number of aromatic nitrogens is 2. The monoisotopic (exact) mass is 560 g/mol. The van der Waals surface area contributed by atoms with Crippen LogP contribution in [-0.2, 0) is 4.79 Å². The normalized spacial score (nSPS) is 15.6. The molecular weight excluding hydrogens is 531 g/mol. The Hall–Kier alpha value is -4.17. The van der Waals surface area contributed by atoms with Crippen molar-refractivity contribution >= 4 is 34.2 Å². The molecule has 1 amide bonds. The summed E-state index contributed by atoms with van der Waals surface area (Å²) in [5.74, 6) is -0.506. The van der Waals surface area contributed by atoms with Gasteiger partial charge in [-0.25, -0.2) is 9.18 Å². The molecule has 2 heterocycles. The topological polar surface area (TPSA) is 78.7 Å². The number of para-hydroxylation sites is 1. The van der Waals surface area contributed by atoms with Crippen molar-refractivity contribution in [2.24, 2.45) is 0 Å². The zero-order chi connectivity index (χ0) is 28.7. The molecule has 206 valence electrons. The molecule has 0 radical (unpaired) electrons. The molecule has 1 unspecified atom stereocenters. The van der Waals surface area contributed by atoms with Crippen molar-refractivity contribution in [3.8, 4) is 22.6 Å². The number of benzene rings is 3. The second-order valence-corrected chi connectivity index (χ2v) is 10.7. The van der Waals surface area contributed by atoms with Gasteiger partial charge < -0.3 is 14.9 Å². The molecule has 1 atom stereocenters. The second-order valence-electron chi connectivity index (χ2n) is 10.3. The number of anilines is 1. The molecular formula is C31H30ClFN4O3. The van der Waals surface area contributed by atoms with Crippen LogP contribution in [0.4, 0.5) is 10.2 Å². The zero-order valence-electron chi connectivity index (χ0n) is 22.6. The Morgan fingerprint density at radius 2 is 1.93 bits per heavy atom. The van der Waals surface area contributed by atoms with Gasteiger partial charge in [-0.15, -0.1) is 0 Å². The summed E-state index contributed by atoms with van der Waals surface area (Å²) < 4.78 is 16.5. The van der Waals surface area contributed by atoms with E-state index < -0.39 is 11.5 Å². The van der Waals surface area contributed by atoms with Crippen molar-refractivity contribution in [2.45, 2.75) is 32.7 Å². The van der Waals surface area contributed by atoms with Crippen LogP contribution >= 0.6 is 11.6 Å².